The molecule has 0 spiro atoms. The summed E-state index contributed by atoms with van der Waals surface area (Å²) in [4.78, 5) is 12.3. The Morgan fingerprint density at radius 1 is 1.11 bits per heavy atom. The smallest absolute Gasteiger partial charge is 0.195 e. The van der Waals surface area contributed by atoms with Gasteiger partial charge >= 0.3 is 0 Å². The van der Waals surface area contributed by atoms with Crippen LogP contribution in [0.4, 0.5) is 10.1 Å². The van der Waals surface area contributed by atoms with Crippen LogP contribution in [0.3, 0.4) is 0 Å². The maximum absolute atomic E-state index is 13.2. The molecule has 2 N–H and O–H groups in total. The lowest BCUT2D eigenvalue weighted by Crippen LogP contribution is -2.06. The van der Waals surface area contributed by atoms with Crippen LogP contribution in [0.2, 0.25) is 0 Å². The van der Waals surface area contributed by atoms with Crippen molar-refractivity contribution in [1.82, 2.24) is 0 Å². The van der Waals surface area contributed by atoms with E-state index in [1.54, 1.807) is 12.1 Å². The number of carbonyl (C=O) groups is 1. The van der Waals surface area contributed by atoms with Gasteiger partial charge < -0.3 is 5.73 Å². The van der Waals surface area contributed by atoms with Gasteiger partial charge in [0.1, 0.15) is 5.82 Å². The Hall–Kier alpha value is -2.16. The van der Waals surface area contributed by atoms with Crippen LogP contribution in [0.25, 0.3) is 0 Å². The van der Waals surface area contributed by atoms with Crippen molar-refractivity contribution >= 4 is 11.5 Å². The Kier molecular flexibility index (Phi) is 3.65. The Bertz CT molecular complexity index is 603. The third-order valence-corrected chi connectivity index (χ3v) is 3.10. The predicted molar refractivity (Wildman–Crippen MR) is 74.8 cm³/mol. The van der Waals surface area contributed by atoms with E-state index >= 15 is 0 Å². The molecule has 0 aliphatic rings. The van der Waals surface area contributed by atoms with Gasteiger partial charge in [-0.1, -0.05) is 38.1 Å². The highest BCUT2D eigenvalue weighted by Gasteiger charge is 2.13. The van der Waals surface area contributed by atoms with E-state index in [2.05, 4.69) is 13.8 Å². The quantitative estimate of drug-likeness (QED) is 0.672. The van der Waals surface area contributed by atoms with Crippen LogP contribution in [-0.4, -0.2) is 5.78 Å². The second kappa shape index (κ2) is 5.22. The number of benzene rings is 2. The highest BCUT2D eigenvalue weighted by Crippen LogP contribution is 2.20. The van der Waals surface area contributed by atoms with Crippen molar-refractivity contribution in [3.05, 3.63) is 65.0 Å². The van der Waals surface area contributed by atoms with E-state index in [0.717, 1.165) is 5.56 Å². The van der Waals surface area contributed by atoms with Gasteiger partial charge in [-0.2, -0.15) is 0 Å². The van der Waals surface area contributed by atoms with E-state index in [1.165, 1.54) is 18.2 Å². The largest absolute Gasteiger partial charge is 0.398 e. The van der Waals surface area contributed by atoms with Crippen molar-refractivity contribution in [2.45, 2.75) is 19.8 Å². The van der Waals surface area contributed by atoms with Gasteiger partial charge in [-0.15, -0.1) is 0 Å². The zero-order valence-electron chi connectivity index (χ0n) is 11.0. The maximum Gasteiger partial charge on any atom is 0.195 e. The number of rotatable bonds is 3. The molecule has 0 saturated heterocycles. The predicted octanol–water partition coefficient (Wildman–Crippen LogP) is 3.76. The van der Waals surface area contributed by atoms with Crippen LogP contribution in [0.1, 0.15) is 41.3 Å². The van der Waals surface area contributed by atoms with Crippen molar-refractivity contribution in [3.8, 4) is 0 Å². The first-order valence-electron chi connectivity index (χ1n) is 6.18. The van der Waals surface area contributed by atoms with Crippen molar-refractivity contribution in [1.29, 1.82) is 0 Å². The van der Waals surface area contributed by atoms with Crippen LogP contribution in [0.5, 0.6) is 0 Å². The summed E-state index contributed by atoms with van der Waals surface area (Å²) in [5, 5.41) is 0. The van der Waals surface area contributed by atoms with Crippen LogP contribution in [-0.2, 0) is 0 Å². The van der Waals surface area contributed by atoms with Gasteiger partial charge in [-0.25, -0.2) is 4.39 Å². The van der Waals surface area contributed by atoms with Crippen molar-refractivity contribution in [2.24, 2.45) is 0 Å². The topological polar surface area (TPSA) is 43.1 Å². The Morgan fingerprint density at radius 2 is 1.74 bits per heavy atom. The number of ketones is 1. The van der Waals surface area contributed by atoms with Gasteiger partial charge in [-0.3, -0.25) is 4.79 Å². The first-order chi connectivity index (χ1) is 8.99. The molecule has 98 valence electrons. The van der Waals surface area contributed by atoms with E-state index in [0.29, 0.717) is 17.2 Å². The minimum atomic E-state index is -0.462. The van der Waals surface area contributed by atoms with Gasteiger partial charge in [0.25, 0.3) is 0 Å². The summed E-state index contributed by atoms with van der Waals surface area (Å²) in [6.45, 7) is 4.17. The minimum Gasteiger partial charge on any atom is -0.398 e. The van der Waals surface area contributed by atoms with Crippen LogP contribution >= 0.6 is 0 Å². The molecular weight excluding hydrogens is 241 g/mol. The fourth-order valence-corrected chi connectivity index (χ4v) is 1.90. The van der Waals surface area contributed by atoms with Gasteiger partial charge in [0, 0.05) is 16.8 Å². The lowest BCUT2D eigenvalue weighted by Gasteiger charge is -2.08. The van der Waals surface area contributed by atoms with Crippen molar-refractivity contribution in [3.63, 3.8) is 0 Å². The van der Waals surface area contributed by atoms with E-state index in [9.17, 15) is 9.18 Å². The van der Waals surface area contributed by atoms with Gasteiger partial charge in [0.2, 0.25) is 0 Å². The lowest BCUT2D eigenvalue weighted by molar-refractivity contribution is 0.103. The molecule has 2 nitrogen and oxygen atoms in total. The number of halogens is 1. The summed E-state index contributed by atoms with van der Waals surface area (Å²) < 4.78 is 13.2. The minimum absolute atomic E-state index is 0.206. The third-order valence-electron chi connectivity index (χ3n) is 3.10. The summed E-state index contributed by atoms with van der Waals surface area (Å²) in [6.07, 6.45) is 0. The molecule has 0 saturated carbocycles. The molecule has 2 rings (SSSR count). The summed E-state index contributed by atoms with van der Waals surface area (Å²) >= 11 is 0. The summed E-state index contributed by atoms with van der Waals surface area (Å²) in [5.41, 5.74) is 7.89. The number of nitrogens with two attached hydrogens (primary N) is 1. The van der Waals surface area contributed by atoms with Crippen molar-refractivity contribution in [2.75, 3.05) is 5.73 Å². The van der Waals surface area contributed by atoms with E-state index in [-0.39, 0.29) is 11.3 Å². The Balaban J connectivity index is 2.36. The van der Waals surface area contributed by atoms with Gasteiger partial charge in [0.15, 0.2) is 5.78 Å². The first kappa shape index (κ1) is 13.3. The molecule has 0 unspecified atom stereocenters. The molecule has 0 aromatic heterocycles. The fourth-order valence-electron chi connectivity index (χ4n) is 1.90. The van der Waals surface area contributed by atoms with E-state index < -0.39 is 5.82 Å². The molecule has 0 heterocycles. The molecule has 0 amide bonds. The average molecular weight is 257 g/mol. The normalized spacial score (nSPS) is 10.7. The van der Waals surface area contributed by atoms with Crippen molar-refractivity contribution < 1.29 is 9.18 Å². The third kappa shape index (κ3) is 2.81. The molecular formula is C16H16FNO. The number of anilines is 1. The zero-order chi connectivity index (χ0) is 14.0. The monoisotopic (exact) mass is 257 g/mol. The van der Waals surface area contributed by atoms with Crippen LogP contribution < -0.4 is 5.73 Å². The number of nitrogen functional groups attached to an aromatic ring is 1. The van der Waals surface area contributed by atoms with Gasteiger partial charge in [0.05, 0.1) is 0 Å². The summed E-state index contributed by atoms with van der Waals surface area (Å²) in [5.74, 6) is -0.313. The summed E-state index contributed by atoms with van der Waals surface area (Å²) in [6, 6.07) is 11.2. The first-order valence-corrected chi connectivity index (χ1v) is 6.18. The molecule has 2 aromatic carbocycles. The molecule has 0 atom stereocenters. The number of carbonyl (C=O) groups excluding carboxylic acids is 1. The molecule has 0 fully saturated rings. The molecule has 0 bridgehead atoms. The molecule has 0 aliphatic carbocycles. The number of hydrogen-bond acceptors (Lipinski definition) is 2. The maximum atomic E-state index is 13.2. The second-order valence-corrected chi connectivity index (χ2v) is 4.84. The summed E-state index contributed by atoms with van der Waals surface area (Å²) in [7, 11) is 0. The SMILES string of the molecule is CC(C)c1ccc(C(=O)c2cc(F)ccc2N)cc1. The van der Waals surface area contributed by atoms with Crippen LogP contribution in [0.15, 0.2) is 42.5 Å². The number of hydrogen-bond donors (Lipinski definition) is 1. The van der Waals surface area contributed by atoms with Gasteiger partial charge in [-0.05, 0) is 29.7 Å². The second-order valence-electron chi connectivity index (χ2n) is 4.84. The average Bonchev–Trinajstić information content (AvgIpc) is 2.41. The highest BCUT2D eigenvalue weighted by molar-refractivity contribution is 6.12. The fraction of sp³-hybridized carbons (Fsp3) is 0.188. The molecule has 2 aromatic rings. The van der Waals surface area contributed by atoms with Crippen LogP contribution in [0, 0.1) is 5.82 Å². The molecule has 0 radical (unpaired) electrons. The Labute approximate surface area is 112 Å². The standard InChI is InChI=1S/C16H16FNO/c1-10(2)11-3-5-12(6-4-11)16(19)14-9-13(17)7-8-15(14)18/h3-10H,18H2,1-2H3. The zero-order valence-corrected chi connectivity index (χ0v) is 11.0. The van der Waals surface area contributed by atoms with E-state index in [1.807, 2.05) is 12.1 Å². The lowest BCUT2D eigenvalue weighted by atomic mass is 9.97. The Morgan fingerprint density at radius 3 is 2.32 bits per heavy atom. The highest BCUT2D eigenvalue weighted by atomic mass is 19.1. The van der Waals surface area contributed by atoms with E-state index in [4.69, 9.17) is 5.73 Å². The molecule has 3 heteroatoms. The molecule has 0 aliphatic heterocycles. The molecule has 19 heavy (non-hydrogen) atoms.